The van der Waals surface area contributed by atoms with E-state index >= 15 is 0 Å². The molecule has 0 atom stereocenters. The third kappa shape index (κ3) is 5.21. The standard InChI is InChI=1S/C17H18O2/c1-4-14(2)13-16(17(18)19-3)12-8-11-15-9-6-5-7-10-15/h4-12H,1-2,13H2,3H3/b11-8+,16-12-. The van der Waals surface area contributed by atoms with E-state index in [2.05, 4.69) is 13.2 Å². The van der Waals surface area contributed by atoms with E-state index in [1.54, 1.807) is 12.2 Å². The lowest BCUT2D eigenvalue weighted by molar-refractivity contribution is -0.136. The van der Waals surface area contributed by atoms with Gasteiger partial charge in [-0.15, -0.1) is 0 Å². The fraction of sp³-hybridized carbons (Fsp3) is 0.118. The van der Waals surface area contributed by atoms with Gasteiger partial charge in [-0.3, -0.25) is 0 Å². The second kappa shape index (κ2) is 7.88. The summed E-state index contributed by atoms with van der Waals surface area (Å²) in [7, 11) is 1.37. The Morgan fingerprint density at radius 2 is 2.00 bits per heavy atom. The molecule has 0 saturated heterocycles. The zero-order chi connectivity index (χ0) is 14.1. The highest BCUT2D eigenvalue weighted by Gasteiger charge is 2.08. The van der Waals surface area contributed by atoms with Crippen LogP contribution in [0.4, 0.5) is 0 Å². The lowest BCUT2D eigenvalue weighted by Gasteiger charge is -2.04. The first kappa shape index (κ1) is 14.7. The Hall–Kier alpha value is -2.35. The molecular weight excluding hydrogens is 236 g/mol. The monoisotopic (exact) mass is 254 g/mol. The lowest BCUT2D eigenvalue weighted by atomic mass is 10.1. The van der Waals surface area contributed by atoms with Crippen molar-refractivity contribution in [3.8, 4) is 0 Å². The molecule has 0 aliphatic heterocycles. The van der Waals surface area contributed by atoms with Gasteiger partial charge in [0, 0.05) is 12.0 Å². The molecule has 2 nitrogen and oxygen atoms in total. The van der Waals surface area contributed by atoms with Gasteiger partial charge >= 0.3 is 5.97 Å². The number of allylic oxidation sites excluding steroid dienone is 4. The number of esters is 1. The van der Waals surface area contributed by atoms with E-state index in [1.807, 2.05) is 42.5 Å². The third-order valence-corrected chi connectivity index (χ3v) is 2.54. The van der Waals surface area contributed by atoms with E-state index in [0.29, 0.717) is 12.0 Å². The SMILES string of the molecule is C=CC(=C)C/C(=C/C=C/c1ccccc1)C(=O)OC. The van der Waals surface area contributed by atoms with Crippen LogP contribution in [0.1, 0.15) is 12.0 Å². The molecule has 0 fully saturated rings. The summed E-state index contributed by atoms with van der Waals surface area (Å²) >= 11 is 0. The van der Waals surface area contributed by atoms with Crippen molar-refractivity contribution in [3.05, 3.63) is 78.4 Å². The van der Waals surface area contributed by atoms with Gasteiger partial charge in [0.15, 0.2) is 0 Å². The maximum atomic E-state index is 11.6. The number of hydrogen-bond donors (Lipinski definition) is 0. The maximum absolute atomic E-state index is 11.6. The normalized spacial score (nSPS) is 11.3. The second-order valence-corrected chi connectivity index (χ2v) is 3.99. The van der Waals surface area contributed by atoms with Crippen LogP contribution in [-0.4, -0.2) is 13.1 Å². The molecule has 0 bridgehead atoms. The number of carbonyl (C=O) groups is 1. The highest BCUT2D eigenvalue weighted by molar-refractivity contribution is 5.89. The number of carbonyl (C=O) groups excluding carboxylic acids is 1. The topological polar surface area (TPSA) is 26.3 Å². The van der Waals surface area contributed by atoms with E-state index in [0.717, 1.165) is 11.1 Å². The summed E-state index contributed by atoms with van der Waals surface area (Å²) in [5.74, 6) is -0.347. The molecule has 0 aliphatic rings. The molecule has 1 aromatic carbocycles. The zero-order valence-corrected chi connectivity index (χ0v) is 11.1. The molecule has 0 amide bonds. The van der Waals surface area contributed by atoms with E-state index < -0.39 is 0 Å². The van der Waals surface area contributed by atoms with Gasteiger partial charge < -0.3 is 4.74 Å². The predicted molar refractivity (Wildman–Crippen MR) is 79.5 cm³/mol. The van der Waals surface area contributed by atoms with Crippen molar-refractivity contribution in [2.75, 3.05) is 7.11 Å². The quantitative estimate of drug-likeness (QED) is 0.437. The molecular formula is C17H18O2. The van der Waals surface area contributed by atoms with Crippen molar-refractivity contribution in [2.24, 2.45) is 0 Å². The van der Waals surface area contributed by atoms with Crippen LogP contribution in [0.15, 0.2) is 72.9 Å². The number of hydrogen-bond acceptors (Lipinski definition) is 2. The van der Waals surface area contributed by atoms with Crippen LogP contribution < -0.4 is 0 Å². The van der Waals surface area contributed by atoms with Crippen molar-refractivity contribution in [3.63, 3.8) is 0 Å². The van der Waals surface area contributed by atoms with Crippen molar-refractivity contribution in [1.82, 2.24) is 0 Å². The molecule has 0 aromatic heterocycles. The number of methoxy groups -OCH3 is 1. The second-order valence-electron chi connectivity index (χ2n) is 3.99. The molecule has 0 heterocycles. The first-order chi connectivity index (χ1) is 9.17. The Morgan fingerprint density at radius 1 is 1.32 bits per heavy atom. The van der Waals surface area contributed by atoms with E-state index in [-0.39, 0.29) is 5.97 Å². The predicted octanol–water partition coefficient (Wildman–Crippen LogP) is 3.93. The van der Waals surface area contributed by atoms with Crippen LogP contribution in [0.3, 0.4) is 0 Å². The minimum absolute atomic E-state index is 0.347. The van der Waals surface area contributed by atoms with Gasteiger partial charge in [-0.2, -0.15) is 0 Å². The Bertz CT molecular complexity index is 507. The minimum Gasteiger partial charge on any atom is -0.466 e. The Balaban J connectivity index is 2.82. The molecule has 0 spiro atoms. The first-order valence-electron chi connectivity index (χ1n) is 5.98. The van der Waals surface area contributed by atoms with Crippen molar-refractivity contribution >= 4 is 12.0 Å². The minimum atomic E-state index is -0.347. The Labute approximate surface area is 114 Å². The van der Waals surface area contributed by atoms with Crippen LogP contribution in [-0.2, 0) is 9.53 Å². The van der Waals surface area contributed by atoms with Crippen molar-refractivity contribution in [1.29, 1.82) is 0 Å². The fourth-order valence-corrected chi connectivity index (χ4v) is 1.49. The molecule has 0 radical (unpaired) electrons. The maximum Gasteiger partial charge on any atom is 0.334 e. The van der Waals surface area contributed by atoms with Gasteiger partial charge in [0.25, 0.3) is 0 Å². The Kier molecular flexibility index (Phi) is 6.10. The Morgan fingerprint density at radius 3 is 2.58 bits per heavy atom. The average Bonchev–Trinajstić information content (AvgIpc) is 2.46. The smallest absolute Gasteiger partial charge is 0.334 e. The molecule has 0 aliphatic carbocycles. The summed E-state index contributed by atoms with van der Waals surface area (Å²) in [6.07, 6.45) is 7.58. The van der Waals surface area contributed by atoms with Gasteiger partial charge in [0.1, 0.15) is 0 Å². The van der Waals surface area contributed by atoms with E-state index in [9.17, 15) is 4.79 Å². The summed E-state index contributed by atoms with van der Waals surface area (Å²) in [5.41, 5.74) is 2.41. The van der Waals surface area contributed by atoms with Gasteiger partial charge in [0.05, 0.1) is 7.11 Å². The van der Waals surface area contributed by atoms with Gasteiger partial charge in [-0.25, -0.2) is 4.79 Å². The molecule has 0 N–H and O–H groups in total. The molecule has 1 rings (SSSR count). The summed E-state index contributed by atoms with van der Waals surface area (Å²) in [6.45, 7) is 7.43. The zero-order valence-electron chi connectivity index (χ0n) is 11.1. The molecule has 0 unspecified atom stereocenters. The van der Waals surface area contributed by atoms with Gasteiger partial charge in [-0.1, -0.05) is 73.4 Å². The fourth-order valence-electron chi connectivity index (χ4n) is 1.49. The highest BCUT2D eigenvalue weighted by atomic mass is 16.5. The summed E-state index contributed by atoms with van der Waals surface area (Å²) in [4.78, 5) is 11.6. The van der Waals surface area contributed by atoms with Crippen molar-refractivity contribution < 1.29 is 9.53 Å². The van der Waals surface area contributed by atoms with Crippen LogP contribution in [0.2, 0.25) is 0 Å². The van der Waals surface area contributed by atoms with Crippen molar-refractivity contribution in [2.45, 2.75) is 6.42 Å². The first-order valence-corrected chi connectivity index (χ1v) is 5.98. The largest absolute Gasteiger partial charge is 0.466 e. The van der Waals surface area contributed by atoms with E-state index in [1.165, 1.54) is 7.11 Å². The van der Waals surface area contributed by atoms with Crippen LogP contribution >= 0.6 is 0 Å². The third-order valence-electron chi connectivity index (χ3n) is 2.54. The highest BCUT2D eigenvalue weighted by Crippen LogP contribution is 2.12. The van der Waals surface area contributed by atoms with Gasteiger partial charge in [0.2, 0.25) is 0 Å². The summed E-state index contributed by atoms with van der Waals surface area (Å²) < 4.78 is 4.74. The van der Waals surface area contributed by atoms with Crippen LogP contribution in [0.5, 0.6) is 0 Å². The molecule has 98 valence electrons. The number of rotatable bonds is 6. The average molecular weight is 254 g/mol. The van der Waals surface area contributed by atoms with Crippen LogP contribution in [0.25, 0.3) is 6.08 Å². The summed E-state index contributed by atoms with van der Waals surface area (Å²) in [5, 5.41) is 0. The molecule has 19 heavy (non-hydrogen) atoms. The van der Waals surface area contributed by atoms with E-state index in [4.69, 9.17) is 4.74 Å². The molecule has 2 heteroatoms. The van der Waals surface area contributed by atoms with Crippen LogP contribution in [0, 0.1) is 0 Å². The number of benzene rings is 1. The lowest BCUT2D eigenvalue weighted by Crippen LogP contribution is -2.04. The number of ether oxygens (including phenoxy) is 1. The summed E-state index contributed by atoms with van der Waals surface area (Å²) in [6, 6.07) is 9.87. The molecule has 1 aromatic rings. The molecule has 0 saturated carbocycles. The van der Waals surface area contributed by atoms with Gasteiger partial charge in [-0.05, 0) is 5.56 Å².